The Kier molecular flexibility index (Phi) is 5.60. The second-order valence-electron chi connectivity index (χ2n) is 5.57. The van der Waals surface area contributed by atoms with Gasteiger partial charge in [-0.2, -0.15) is 5.10 Å². The van der Waals surface area contributed by atoms with Gasteiger partial charge in [-0.15, -0.1) is 0 Å². The summed E-state index contributed by atoms with van der Waals surface area (Å²) in [6, 6.07) is 0. The van der Waals surface area contributed by atoms with Crippen LogP contribution in [0.4, 0.5) is 5.69 Å². The number of aliphatic hydroxyl groups is 1. The molecule has 1 unspecified atom stereocenters. The molecule has 6 heteroatoms. The van der Waals surface area contributed by atoms with Gasteiger partial charge >= 0.3 is 0 Å². The van der Waals surface area contributed by atoms with Crippen LogP contribution >= 0.6 is 15.9 Å². The normalized spacial score (nSPS) is 16.8. The van der Waals surface area contributed by atoms with E-state index in [2.05, 4.69) is 26.3 Å². The molecule has 0 aromatic carbocycles. The van der Waals surface area contributed by atoms with Gasteiger partial charge in [0.15, 0.2) is 0 Å². The van der Waals surface area contributed by atoms with Crippen molar-refractivity contribution in [3.8, 4) is 0 Å². The third-order valence-electron chi connectivity index (χ3n) is 3.75. The molecule has 1 aromatic rings. The summed E-state index contributed by atoms with van der Waals surface area (Å²) in [5.74, 6) is 0.601. The van der Waals surface area contributed by atoms with Gasteiger partial charge < -0.3 is 10.4 Å². The maximum Gasteiger partial charge on any atom is 0.291 e. The summed E-state index contributed by atoms with van der Waals surface area (Å²) in [7, 11) is 0. The van der Waals surface area contributed by atoms with Crippen LogP contribution in [0.3, 0.4) is 0 Å². The zero-order valence-corrected chi connectivity index (χ0v) is 13.4. The van der Waals surface area contributed by atoms with E-state index in [4.69, 9.17) is 0 Å². The minimum absolute atomic E-state index is 0.0664. The van der Waals surface area contributed by atoms with Gasteiger partial charge in [0.1, 0.15) is 5.69 Å². The van der Waals surface area contributed by atoms with Gasteiger partial charge in [-0.3, -0.25) is 4.79 Å². The van der Waals surface area contributed by atoms with E-state index in [-0.39, 0.29) is 11.7 Å². The summed E-state index contributed by atoms with van der Waals surface area (Å²) >= 11 is 3.37. The monoisotopic (exact) mass is 343 g/mol. The van der Waals surface area contributed by atoms with Crippen LogP contribution in [0, 0.1) is 5.92 Å². The molecule has 0 aliphatic heterocycles. The molecular formula is C14H22BrN3O2. The van der Waals surface area contributed by atoms with Crippen LogP contribution in [0.1, 0.15) is 39.0 Å². The molecule has 1 aliphatic rings. The molecule has 1 aromatic heterocycles. The van der Waals surface area contributed by atoms with E-state index < -0.39 is 0 Å². The number of nitrogens with one attached hydrogen (secondary N) is 1. The van der Waals surface area contributed by atoms with E-state index in [0.29, 0.717) is 29.2 Å². The lowest BCUT2D eigenvalue weighted by molar-refractivity contribution is 0.183. The van der Waals surface area contributed by atoms with Crippen LogP contribution in [0.2, 0.25) is 0 Å². The van der Waals surface area contributed by atoms with Crippen molar-refractivity contribution in [2.24, 2.45) is 5.92 Å². The molecule has 0 amide bonds. The summed E-state index contributed by atoms with van der Waals surface area (Å²) in [6.07, 6.45) is 6.59. The van der Waals surface area contributed by atoms with E-state index in [0.717, 1.165) is 12.8 Å². The molecule has 5 nitrogen and oxygen atoms in total. The Bertz CT molecular complexity index is 498. The van der Waals surface area contributed by atoms with Crippen LogP contribution in [-0.4, -0.2) is 27.5 Å². The van der Waals surface area contributed by atoms with E-state index in [1.54, 1.807) is 17.8 Å². The summed E-state index contributed by atoms with van der Waals surface area (Å²) in [5.41, 5.74) is 0.508. The summed E-state index contributed by atoms with van der Waals surface area (Å²) < 4.78 is 2.26. The van der Waals surface area contributed by atoms with Crippen molar-refractivity contribution in [3.05, 3.63) is 21.0 Å². The molecule has 0 bridgehead atoms. The molecular weight excluding hydrogens is 322 g/mol. The predicted molar refractivity (Wildman–Crippen MR) is 82.9 cm³/mol. The van der Waals surface area contributed by atoms with Gasteiger partial charge in [0.25, 0.3) is 5.56 Å². The average Bonchev–Trinajstić information content (AvgIpc) is 2.34. The quantitative estimate of drug-likeness (QED) is 0.746. The van der Waals surface area contributed by atoms with Gasteiger partial charge in [-0.1, -0.05) is 6.42 Å². The van der Waals surface area contributed by atoms with Crippen molar-refractivity contribution >= 4 is 21.6 Å². The van der Waals surface area contributed by atoms with Crippen LogP contribution in [-0.2, 0) is 6.54 Å². The lowest BCUT2D eigenvalue weighted by Gasteiger charge is -2.25. The van der Waals surface area contributed by atoms with Crippen molar-refractivity contribution in [3.63, 3.8) is 0 Å². The average molecular weight is 344 g/mol. The molecule has 1 atom stereocenters. The van der Waals surface area contributed by atoms with Crippen molar-refractivity contribution in [2.75, 3.05) is 11.9 Å². The number of hydrogen-bond acceptors (Lipinski definition) is 4. The van der Waals surface area contributed by atoms with Gasteiger partial charge in [0.2, 0.25) is 0 Å². The van der Waals surface area contributed by atoms with Gasteiger partial charge in [0.05, 0.1) is 16.8 Å². The first-order valence-electron chi connectivity index (χ1n) is 7.25. The fourth-order valence-corrected chi connectivity index (χ4v) is 2.69. The number of aliphatic hydroxyl groups excluding tert-OH is 1. The minimum atomic E-state index is -0.298. The number of anilines is 1. The number of hydrogen-bond donors (Lipinski definition) is 2. The Labute approximate surface area is 127 Å². The van der Waals surface area contributed by atoms with E-state index in [1.807, 2.05) is 0 Å². The number of nitrogens with zero attached hydrogens (tertiary/aromatic N) is 2. The van der Waals surface area contributed by atoms with E-state index in [9.17, 15) is 9.90 Å². The molecule has 2 N–H and O–H groups in total. The molecule has 112 valence electrons. The Morgan fingerprint density at radius 2 is 2.35 bits per heavy atom. The Balaban J connectivity index is 1.99. The molecule has 0 saturated heterocycles. The molecule has 1 heterocycles. The van der Waals surface area contributed by atoms with Crippen LogP contribution < -0.4 is 10.9 Å². The SMILES string of the molecule is CC(O)CCCNc1c(Br)cnn(CC2CCC2)c1=O. The fraction of sp³-hybridized carbons (Fsp3) is 0.714. The minimum Gasteiger partial charge on any atom is -0.393 e. The van der Waals surface area contributed by atoms with Crippen LogP contribution in [0.5, 0.6) is 0 Å². The van der Waals surface area contributed by atoms with Gasteiger partial charge in [-0.05, 0) is 54.5 Å². The maximum absolute atomic E-state index is 12.4. The second kappa shape index (κ2) is 7.22. The first kappa shape index (κ1) is 15.5. The second-order valence-corrected chi connectivity index (χ2v) is 6.42. The highest BCUT2D eigenvalue weighted by atomic mass is 79.9. The van der Waals surface area contributed by atoms with Crippen molar-refractivity contribution in [1.82, 2.24) is 9.78 Å². The fourth-order valence-electron chi connectivity index (χ4n) is 2.29. The van der Waals surface area contributed by atoms with E-state index >= 15 is 0 Å². The Hall–Kier alpha value is -0.880. The molecule has 2 rings (SSSR count). The standard InChI is InChI=1S/C14H22BrN3O2/c1-10(19)4-3-7-16-13-12(15)8-17-18(14(13)20)9-11-5-2-6-11/h8,10-11,16,19H,2-7,9H2,1H3. The largest absolute Gasteiger partial charge is 0.393 e. The van der Waals surface area contributed by atoms with Crippen molar-refractivity contribution in [1.29, 1.82) is 0 Å². The third kappa shape index (κ3) is 4.06. The summed E-state index contributed by atoms with van der Waals surface area (Å²) in [4.78, 5) is 12.4. The lowest BCUT2D eigenvalue weighted by atomic mass is 9.85. The smallest absolute Gasteiger partial charge is 0.291 e. The van der Waals surface area contributed by atoms with Crippen molar-refractivity contribution in [2.45, 2.75) is 51.7 Å². The summed E-state index contributed by atoms with van der Waals surface area (Å²) in [6.45, 7) is 3.16. The third-order valence-corrected chi connectivity index (χ3v) is 4.36. The zero-order chi connectivity index (χ0) is 14.5. The summed E-state index contributed by atoms with van der Waals surface area (Å²) in [5, 5.41) is 16.6. The number of rotatable bonds is 7. The van der Waals surface area contributed by atoms with Crippen molar-refractivity contribution < 1.29 is 5.11 Å². The van der Waals surface area contributed by atoms with Gasteiger partial charge in [0, 0.05) is 13.1 Å². The highest BCUT2D eigenvalue weighted by molar-refractivity contribution is 9.10. The predicted octanol–water partition coefficient (Wildman–Crippen LogP) is 2.38. The molecule has 1 fully saturated rings. The molecule has 0 spiro atoms. The highest BCUT2D eigenvalue weighted by Gasteiger charge is 2.20. The Morgan fingerprint density at radius 3 is 2.95 bits per heavy atom. The Morgan fingerprint density at radius 1 is 1.60 bits per heavy atom. The molecule has 20 heavy (non-hydrogen) atoms. The lowest BCUT2D eigenvalue weighted by Crippen LogP contribution is -2.31. The highest BCUT2D eigenvalue weighted by Crippen LogP contribution is 2.27. The zero-order valence-electron chi connectivity index (χ0n) is 11.8. The first-order valence-corrected chi connectivity index (χ1v) is 8.04. The van der Waals surface area contributed by atoms with Crippen LogP contribution in [0.15, 0.2) is 15.5 Å². The first-order chi connectivity index (χ1) is 9.58. The topological polar surface area (TPSA) is 67.2 Å². The van der Waals surface area contributed by atoms with Gasteiger partial charge in [-0.25, -0.2) is 4.68 Å². The maximum atomic E-state index is 12.4. The number of aromatic nitrogens is 2. The molecule has 0 radical (unpaired) electrons. The number of halogens is 1. The van der Waals surface area contributed by atoms with Crippen LogP contribution in [0.25, 0.3) is 0 Å². The molecule has 1 aliphatic carbocycles. The molecule has 1 saturated carbocycles. The van der Waals surface area contributed by atoms with E-state index in [1.165, 1.54) is 19.3 Å².